The van der Waals surface area contributed by atoms with Crippen LogP contribution >= 0.6 is 11.6 Å². The van der Waals surface area contributed by atoms with Crippen molar-refractivity contribution in [2.24, 2.45) is 0 Å². The van der Waals surface area contributed by atoms with E-state index in [2.05, 4.69) is 5.32 Å². The van der Waals surface area contributed by atoms with Crippen LogP contribution < -0.4 is 14.4 Å². The van der Waals surface area contributed by atoms with E-state index in [0.717, 1.165) is 21.2 Å². The Kier molecular flexibility index (Phi) is 8.23. The molecule has 3 aromatic rings. The van der Waals surface area contributed by atoms with Gasteiger partial charge >= 0.3 is 0 Å². The molecule has 0 saturated heterocycles. The maximum Gasteiger partial charge on any atom is 0.264 e. The fourth-order valence-corrected chi connectivity index (χ4v) is 5.26. The summed E-state index contributed by atoms with van der Waals surface area (Å²) in [6, 6.07) is 18.7. The van der Waals surface area contributed by atoms with Gasteiger partial charge in [0, 0.05) is 5.02 Å². The molecule has 3 aromatic carbocycles. The molecule has 0 aliphatic heterocycles. The maximum atomic E-state index is 13.6. The zero-order valence-corrected chi connectivity index (χ0v) is 21.3. The van der Waals surface area contributed by atoms with Crippen LogP contribution in [-0.2, 0) is 14.8 Å². The van der Waals surface area contributed by atoms with Gasteiger partial charge in [0.1, 0.15) is 12.3 Å². The number of anilines is 1. The predicted octanol–water partition coefficient (Wildman–Crippen LogP) is 5.43. The number of methoxy groups -OCH3 is 1. The lowest BCUT2D eigenvalue weighted by atomic mass is 10.0. The highest BCUT2D eigenvalue weighted by Crippen LogP contribution is 2.30. The Morgan fingerprint density at radius 3 is 2.26 bits per heavy atom. The number of halogens is 1. The van der Waals surface area contributed by atoms with Gasteiger partial charge in [-0.25, -0.2) is 8.42 Å². The lowest BCUT2D eigenvalue weighted by Crippen LogP contribution is -2.42. The van der Waals surface area contributed by atoms with Crippen molar-refractivity contribution in [3.05, 3.63) is 88.4 Å². The molecule has 0 spiro atoms. The number of carbonyl (C=O) groups is 1. The largest absolute Gasteiger partial charge is 0.497 e. The van der Waals surface area contributed by atoms with E-state index in [1.165, 1.54) is 0 Å². The molecule has 3 rings (SSSR count). The van der Waals surface area contributed by atoms with Gasteiger partial charge in [-0.05, 0) is 67.8 Å². The molecule has 0 radical (unpaired) electrons. The summed E-state index contributed by atoms with van der Waals surface area (Å²) in [4.78, 5) is 13.3. The molecular formula is C26H29ClN2O4S. The molecule has 180 valence electrons. The summed E-state index contributed by atoms with van der Waals surface area (Å²) in [6.45, 7) is 5.24. The number of hydrogen-bond acceptors (Lipinski definition) is 4. The van der Waals surface area contributed by atoms with E-state index in [9.17, 15) is 13.2 Å². The number of benzene rings is 3. The number of nitrogens with one attached hydrogen (secondary N) is 1. The number of sulfonamides is 1. The summed E-state index contributed by atoms with van der Waals surface area (Å²) in [5.41, 5.74) is 2.90. The van der Waals surface area contributed by atoms with Crippen LogP contribution in [0.3, 0.4) is 0 Å². The van der Waals surface area contributed by atoms with Crippen molar-refractivity contribution in [1.29, 1.82) is 0 Å². The third kappa shape index (κ3) is 5.90. The lowest BCUT2D eigenvalue weighted by molar-refractivity contribution is -0.120. The predicted molar refractivity (Wildman–Crippen MR) is 136 cm³/mol. The van der Waals surface area contributed by atoms with E-state index in [4.69, 9.17) is 16.3 Å². The summed E-state index contributed by atoms with van der Waals surface area (Å²) in [5, 5.41) is 3.35. The van der Waals surface area contributed by atoms with Gasteiger partial charge in [-0.3, -0.25) is 9.10 Å². The van der Waals surface area contributed by atoms with E-state index in [1.807, 2.05) is 38.1 Å². The maximum absolute atomic E-state index is 13.6. The van der Waals surface area contributed by atoms with Crippen molar-refractivity contribution < 1.29 is 17.9 Å². The number of amides is 1. The fraction of sp³-hybridized carbons (Fsp3) is 0.269. The van der Waals surface area contributed by atoms with Crippen molar-refractivity contribution >= 4 is 33.2 Å². The van der Waals surface area contributed by atoms with Gasteiger partial charge in [0.05, 0.1) is 23.7 Å². The molecule has 0 bridgehead atoms. The second-order valence-electron chi connectivity index (χ2n) is 8.06. The standard InChI is InChI=1S/C26H29ClN2O4S/c1-5-24(20-9-12-22(33-4)13-10-20)28-26(30)17-29(25-16-21(27)11-8-19(25)3)34(31,32)23-14-6-18(2)7-15-23/h6-16,24H,5,17H2,1-4H3,(H,28,30). The number of aryl methyl sites for hydroxylation is 2. The highest BCUT2D eigenvalue weighted by molar-refractivity contribution is 7.92. The Morgan fingerprint density at radius 1 is 1.03 bits per heavy atom. The van der Waals surface area contributed by atoms with Crippen LogP contribution in [0.1, 0.15) is 36.1 Å². The summed E-state index contributed by atoms with van der Waals surface area (Å²) < 4.78 is 33.6. The van der Waals surface area contributed by atoms with E-state index < -0.39 is 15.9 Å². The van der Waals surface area contributed by atoms with Gasteiger partial charge in [0.15, 0.2) is 0 Å². The second kappa shape index (κ2) is 10.9. The Morgan fingerprint density at radius 2 is 1.68 bits per heavy atom. The molecule has 0 aliphatic rings. The first-order chi connectivity index (χ1) is 16.1. The van der Waals surface area contributed by atoms with Crippen molar-refractivity contribution in [1.82, 2.24) is 5.32 Å². The minimum absolute atomic E-state index is 0.104. The Labute approximate surface area is 206 Å². The smallest absolute Gasteiger partial charge is 0.264 e. The molecule has 6 nitrogen and oxygen atoms in total. The van der Waals surface area contributed by atoms with Crippen LogP contribution in [0.4, 0.5) is 5.69 Å². The summed E-state index contributed by atoms with van der Waals surface area (Å²) in [6.07, 6.45) is 0.638. The molecule has 34 heavy (non-hydrogen) atoms. The van der Waals surface area contributed by atoms with Gasteiger partial charge in [-0.2, -0.15) is 0 Å². The molecule has 0 aromatic heterocycles. The molecule has 1 unspecified atom stereocenters. The van der Waals surface area contributed by atoms with Gasteiger partial charge < -0.3 is 10.1 Å². The Hall–Kier alpha value is -3.03. The highest BCUT2D eigenvalue weighted by atomic mass is 35.5. The SMILES string of the molecule is CCC(NC(=O)CN(c1cc(Cl)ccc1C)S(=O)(=O)c1ccc(C)cc1)c1ccc(OC)cc1. The molecular weight excluding hydrogens is 472 g/mol. The molecule has 0 fully saturated rings. The van der Waals surface area contributed by atoms with Gasteiger partial charge in [0.25, 0.3) is 10.0 Å². The number of nitrogens with zero attached hydrogens (tertiary/aromatic N) is 1. The normalized spacial score (nSPS) is 12.1. The van der Waals surface area contributed by atoms with Crippen molar-refractivity contribution in [3.8, 4) is 5.75 Å². The van der Waals surface area contributed by atoms with Crippen LogP contribution in [0.5, 0.6) is 5.75 Å². The third-order valence-corrected chi connectivity index (χ3v) is 7.61. The first-order valence-corrected chi connectivity index (χ1v) is 12.8. The monoisotopic (exact) mass is 500 g/mol. The number of hydrogen-bond donors (Lipinski definition) is 1. The highest BCUT2D eigenvalue weighted by Gasteiger charge is 2.29. The van der Waals surface area contributed by atoms with Crippen LogP contribution in [0, 0.1) is 13.8 Å². The van der Waals surface area contributed by atoms with Crippen molar-refractivity contribution in [2.75, 3.05) is 18.0 Å². The van der Waals surface area contributed by atoms with Gasteiger partial charge in [-0.15, -0.1) is 0 Å². The number of ether oxygens (including phenoxy) is 1. The minimum atomic E-state index is -4.02. The first kappa shape index (κ1) is 25.6. The van der Waals surface area contributed by atoms with Crippen LogP contribution in [0.15, 0.2) is 71.6 Å². The topological polar surface area (TPSA) is 75.7 Å². The summed E-state index contributed by atoms with van der Waals surface area (Å²) in [5.74, 6) is 0.300. The van der Waals surface area contributed by atoms with Gasteiger partial charge in [0.2, 0.25) is 5.91 Å². The summed E-state index contributed by atoms with van der Waals surface area (Å²) in [7, 11) is -2.43. The second-order valence-corrected chi connectivity index (χ2v) is 10.4. The van der Waals surface area contributed by atoms with Crippen LogP contribution in [0.25, 0.3) is 0 Å². The molecule has 1 N–H and O–H groups in total. The van der Waals surface area contributed by atoms with Crippen LogP contribution in [0.2, 0.25) is 5.02 Å². The molecule has 1 amide bonds. The van der Waals surface area contributed by atoms with Crippen LogP contribution in [-0.4, -0.2) is 28.0 Å². The average Bonchev–Trinajstić information content (AvgIpc) is 2.83. The van der Waals surface area contributed by atoms with Gasteiger partial charge in [-0.1, -0.05) is 54.4 Å². The number of carbonyl (C=O) groups excluding carboxylic acids is 1. The van der Waals surface area contributed by atoms with Crippen molar-refractivity contribution in [2.45, 2.75) is 38.1 Å². The molecule has 8 heteroatoms. The molecule has 1 atom stereocenters. The molecule has 0 aliphatic carbocycles. The third-order valence-electron chi connectivity index (χ3n) is 5.60. The molecule has 0 heterocycles. The Balaban J connectivity index is 1.94. The number of rotatable bonds is 9. The average molecular weight is 501 g/mol. The lowest BCUT2D eigenvalue weighted by Gasteiger charge is -2.27. The van der Waals surface area contributed by atoms with E-state index in [1.54, 1.807) is 56.5 Å². The van der Waals surface area contributed by atoms with E-state index in [0.29, 0.717) is 22.7 Å². The van der Waals surface area contributed by atoms with Crippen molar-refractivity contribution in [3.63, 3.8) is 0 Å². The zero-order chi connectivity index (χ0) is 24.9. The van der Waals surface area contributed by atoms with E-state index >= 15 is 0 Å². The Bertz CT molecular complexity index is 1240. The fourth-order valence-electron chi connectivity index (χ4n) is 3.62. The summed E-state index contributed by atoms with van der Waals surface area (Å²) >= 11 is 6.19. The molecule has 0 saturated carbocycles. The first-order valence-electron chi connectivity index (χ1n) is 10.9. The van der Waals surface area contributed by atoms with E-state index in [-0.39, 0.29) is 17.5 Å². The minimum Gasteiger partial charge on any atom is -0.497 e. The zero-order valence-electron chi connectivity index (χ0n) is 19.7. The quantitative estimate of drug-likeness (QED) is 0.425.